The molecule has 2 aromatic rings. The number of aryl methyl sites for hydroxylation is 1. The highest BCUT2D eigenvalue weighted by molar-refractivity contribution is 9.10. The standard InChI is InChI=1S/C13H15BrFN3/c1-7(2)8-4-9(12(15)11(14)5-8)10-6-17-18(3)13(10)16/h4-7H,16H2,1-3H3. The van der Waals surface area contributed by atoms with E-state index in [0.717, 1.165) is 5.56 Å². The zero-order chi connectivity index (χ0) is 13.4. The van der Waals surface area contributed by atoms with Gasteiger partial charge in [0, 0.05) is 18.2 Å². The van der Waals surface area contributed by atoms with E-state index in [-0.39, 0.29) is 5.82 Å². The number of nitrogen functional groups attached to an aromatic ring is 1. The highest BCUT2D eigenvalue weighted by Crippen LogP contribution is 2.34. The molecule has 0 fully saturated rings. The number of rotatable bonds is 2. The van der Waals surface area contributed by atoms with Crippen molar-refractivity contribution in [3.8, 4) is 11.1 Å². The van der Waals surface area contributed by atoms with E-state index in [4.69, 9.17) is 5.73 Å². The Morgan fingerprint density at radius 2 is 2.00 bits per heavy atom. The van der Waals surface area contributed by atoms with Crippen LogP contribution in [0, 0.1) is 5.82 Å². The topological polar surface area (TPSA) is 43.8 Å². The number of halogens is 2. The molecule has 2 rings (SSSR count). The van der Waals surface area contributed by atoms with Gasteiger partial charge in [0.25, 0.3) is 0 Å². The van der Waals surface area contributed by atoms with Crippen LogP contribution in [0.4, 0.5) is 10.2 Å². The van der Waals surface area contributed by atoms with Gasteiger partial charge < -0.3 is 5.73 Å². The minimum Gasteiger partial charge on any atom is -0.383 e. The molecule has 1 aromatic carbocycles. The zero-order valence-corrected chi connectivity index (χ0v) is 12.1. The molecular weight excluding hydrogens is 297 g/mol. The van der Waals surface area contributed by atoms with E-state index < -0.39 is 0 Å². The minimum atomic E-state index is -0.306. The number of hydrogen-bond donors (Lipinski definition) is 1. The third-order valence-corrected chi connectivity index (χ3v) is 3.57. The average Bonchev–Trinajstić information content (AvgIpc) is 2.63. The number of benzene rings is 1. The Kier molecular flexibility index (Phi) is 3.43. The predicted octanol–water partition coefficient (Wildman–Crippen LogP) is 3.69. The van der Waals surface area contributed by atoms with Gasteiger partial charge >= 0.3 is 0 Å². The smallest absolute Gasteiger partial charge is 0.145 e. The molecule has 18 heavy (non-hydrogen) atoms. The fourth-order valence-corrected chi connectivity index (χ4v) is 2.27. The predicted molar refractivity (Wildman–Crippen MR) is 74.8 cm³/mol. The van der Waals surface area contributed by atoms with Crippen molar-refractivity contribution < 1.29 is 4.39 Å². The maximum absolute atomic E-state index is 14.2. The van der Waals surface area contributed by atoms with Gasteiger partial charge in [-0.25, -0.2) is 4.39 Å². The molecule has 0 radical (unpaired) electrons. The number of anilines is 1. The molecule has 0 amide bonds. The molecule has 0 saturated heterocycles. The van der Waals surface area contributed by atoms with E-state index >= 15 is 0 Å². The summed E-state index contributed by atoms with van der Waals surface area (Å²) in [6, 6.07) is 3.63. The van der Waals surface area contributed by atoms with Gasteiger partial charge in [-0.05, 0) is 39.5 Å². The van der Waals surface area contributed by atoms with Crippen LogP contribution >= 0.6 is 15.9 Å². The van der Waals surface area contributed by atoms with Gasteiger partial charge in [-0.15, -0.1) is 0 Å². The molecule has 0 bridgehead atoms. The van der Waals surface area contributed by atoms with Gasteiger partial charge in [-0.2, -0.15) is 5.10 Å². The van der Waals surface area contributed by atoms with E-state index in [2.05, 4.69) is 34.9 Å². The molecule has 0 atom stereocenters. The molecule has 0 aliphatic heterocycles. The second-order valence-electron chi connectivity index (χ2n) is 4.59. The summed E-state index contributed by atoms with van der Waals surface area (Å²) in [6.45, 7) is 4.13. The summed E-state index contributed by atoms with van der Waals surface area (Å²) in [4.78, 5) is 0. The van der Waals surface area contributed by atoms with Gasteiger partial charge in [-0.3, -0.25) is 4.68 Å². The molecule has 2 N–H and O–H groups in total. The second kappa shape index (κ2) is 4.72. The van der Waals surface area contributed by atoms with Crippen LogP contribution in [0.5, 0.6) is 0 Å². The van der Waals surface area contributed by atoms with Crippen LogP contribution < -0.4 is 5.73 Å². The van der Waals surface area contributed by atoms with Gasteiger partial charge in [0.2, 0.25) is 0 Å². The summed E-state index contributed by atoms with van der Waals surface area (Å²) in [5.41, 5.74) is 8.06. The summed E-state index contributed by atoms with van der Waals surface area (Å²) in [6.07, 6.45) is 1.59. The Morgan fingerprint density at radius 3 is 2.50 bits per heavy atom. The highest BCUT2D eigenvalue weighted by Gasteiger charge is 2.16. The molecule has 0 spiro atoms. The van der Waals surface area contributed by atoms with E-state index in [1.54, 1.807) is 19.3 Å². The third kappa shape index (κ3) is 2.14. The van der Waals surface area contributed by atoms with Gasteiger partial charge in [0.05, 0.1) is 10.7 Å². The second-order valence-corrected chi connectivity index (χ2v) is 5.44. The van der Waals surface area contributed by atoms with Crippen LogP contribution in [0.25, 0.3) is 11.1 Å². The number of aromatic nitrogens is 2. The normalized spacial score (nSPS) is 11.2. The maximum Gasteiger partial charge on any atom is 0.145 e. The van der Waals surface area contributed by atoms with Crippen molar-refractivity contribution in [2.24, 2.45) is 7.05 Å². The van der Waals surface area contributed by atoms with Crippen LogP contribution in [0.2, 0.25) is 0 Å². The van der Waals surface area contributed by atoms with Gasteiger partial charge in [0.1, 0.15) is 11.6 Å². The maximum atomic E-state index is 14.2. The summed E-state index contributed by atoms with van der Waals surface area (Å²) >= 11 is 3.25. The van der Waals surface area contributed by atoms with Crippen molar-refractivity contribution in [3.63, 3.8) is 0 Å². The summed E-state index contributed by atoms with van der Waals surface area (Å²) in [5.74, 6) is 0.472. The molecule has 0 saturated carbocycles. The lowest BCUT2D eigenvalue weighted by Gasteiger charge is -2.11. The molecule has 0 aliphatic carbocycles. The summed E-state index contributed by atoms with van der Waals surface area (Å²) in [7, 11) is 1.73. The first-order valence-electron chi connectivity index (χ1n) is 5.68. The fourth-order valence-electron chi connectivity index (χ4n) is 1.79. The molecule has 1 aromatic heterocycles. The molecule has 1 heterocycles. The molecule has 96 valence electrons. The van der Waals surface area contributed by atoms with Crippen molar-refractivity contribution in [1.82, 2.24) is 9.78 Å². The highest BCUT2D eigenvalue weighted by atomic mass is 79.9. The minimum absolute atomic E-state index is 0.306. The van der Waals surface area contributed by atoms with E-state index in [1.807, 2.05) is 6.07 Å². The zero-order valence-electron chi connectivity index (χ0n) is 10.5. The Hall–Kier alpha value is -1.36. The number of hydrogen-bond acceptors (Lipinski definition) is 2. The lowest BCUT2D eigenvalue weighted by molar-refractivity contribution is 0.623. The number of nitrogens with two attached hydrogens (primary N) is 1. The van der Waals surface area contributed by atoms with Crippen LogP contribution in [0.1, 0.15) is 25.3 Å². The SMILES string of the molecule is CC(C)c1cc(Br)c(F)c(-c2cnn(C)c2N)c1. The van der Waals surface area contributed by atoms with Crippen molar-refractivity contribution in [1.29, 1.82) is 0 Å². The fraction of sp³-hybridized carbons (Fsp3) is 0.308. The van der Waals surface area contributed by atoms with E-state index in [1.165, 1.54) is 4.68 Å². The Bertz CT molecular complexity index is 590. The molecular formula is C13H15BrFN3. The van der Waals surface area contributed by atoms with Crippen molar-refractivity contribution in [3.05, 3.63) is 34.2 Å². The van der Waals surface area contributed by atoms with Gasteiger partial charge in [0.15, 0.2) is 0 Å². The summed E-state index contributed by atoms with van der Waals surface area (Å²) in [5, 5.41) is 4.05. The monoisotopic (exact) mass is 311 g/mol. The first-order chi connectivity index (χ1) is 8.41. The lowest BCUT2D eigenvalue weighted by Crippen LogP contribution is -1.99. The molecule has 3 nitrogen and oxygen atoms in total. The van der Waals surface area contributed by atoms with Crippen LogP contribution in [0.3, 0.4) is 0 Å². The Labute approximate surface area is 114 Å². The quantitative estimate of drug-likeness (QED) is 0.919. The van der Waals surface area contributed by atoms with Crippen LogP contribution in [0.15, 0.2) is 22.8 Å². The summed E-state index contributed by atoms with van der Waals surface area (Å²) < 4.78 is 16.2. The first-order valence-corrected chi connectivity index (χ1v) is 6.48. The van der Waals surface area contributed by atoms with Crippen molar-refractivity contribution >= 4 is 21.7 Å². The molecule has 0 aliphatic rings. The molecule has 0 unspecified atom stereocenters. The molecule has 5 heteroatoms. The van der Waals surface area contributed by atoms with E-state index in [0.29, 0.717) is 27.3 Å². The van der Waals surface area contributed by atoms with Crippen molar-refractivity contribution in [2.75, 3.05) is 5.73 Å². The first kappa shape index (κ1) is 13.1. The van der Waals surface area contributed by atoms with Gasteiger partial charge in [-0.1, -0.05) is 13.8 Å². The Morgan fingerprint density at radius 1 is 1.33 bits per heavy atom. The van der Waals surface area contributed by atoms with Crippen LogP contribution in [-0.2, 0) is 7.05 Å². The number of nitrogens with zero attached hydrogens (tertiary/aromatic N) is 2. The largest absolute Gasteiger partial charge is 0.383 e. The lowest BCUT2D eigenvalue weighted by atomic mass is 9.98. The van der Waals surface area contributed by atoms with Crippen molar-refractivity contribution in [2.45, 2.75) is 19.8 Å². The van der Waals surface area contributed by atoms with E-state index in [9.17, 15) is 4.39 Å². The Balaban J connectivity index is 2.67. The average molecular weight is 312 g/mol. The third-order valence-electron chi connectivity index (χ3n) is 2.99. The van der Waals surface area contributed by atoms with Crippen LogP contribution in [-0.4, -0.2) is 9.78 Å².